The van der Waals surface area contributed by atoms with Gasteiger partial charge in [-0.05, 0) is 18.6 Å². The second kappa shape index (κ2) is 4.87. The highest BCUT2D eigenvalue weighted by Gasteiger charge is 2.12. The maximum Gasteiger partial charge on any atom is 0.242 e. The Labute approximate surface area is 88.8 Å². The van der Waals surface area contributed by atoms with Crippen molar-refractivity contribution in [2.45, 2.75) is 18.2 Å². The summed E-state index contributed by atoms with van der Waals surface area (Å²) in [7, 11) is -3.47. The number of hydrogen-bond donors (Lipinski definition) is 1. The van der Waals surface area contributed by atoms with Gasteiger partial charge in [0.2, 0.25) is 10.0 Å². The summed E-state index contributed by atoms with van der Waals surface area (Å²) < 4.78 is 25.5. The SMILES string of the molecule is CCCNS(=O)(=O)c1ccc(C#N)nc1. The van der Waals surface area contributed by atoms with Crippen LogP contribution in [0.25, 0.3) is 0 Å². The smallest absolute Gasteiger partial charge is 0.242 e. The zero-order chi connectivity index (χ0) is 11.3. The van der Waals surface area contributed by atoms with E-state index in [4.69, 9.17) is 5.26 Å². The Morgan fingerprint density at radius 1 is 1.53 bits per heavy atom. The average Bonchev–Trinajstić information content (AvgIpc) is 2.26. The van der Waals surface area contributed by atoms with E-state index >= 15 is 0 Å². The van der Waals surface area contributed by atoms with Crippen LogP contribution in [0.5, 0.6) is 0 Å². The first kappa shape index (κ1) is 11.6. The largest absolute Gasteiger partial charge is 0.244 e. The summed E-state index contributed by atoms with van der Waals surface area (Å²) in [6.07, 6.45) is 1.90. The molecule has 80 valence electrons. The number of pyridine rings is 1. The number of sulfonamides is 1. The molecule has 0 saturated carbocycles. The van der Waals surface area contributed by atoms with Crippen molar-refractivity contribution in [1.82, 2.24) is 9.71 Å². The highest BCUT2D eigenvalue weighted by atomic mass is 32.2. The van der Waals surface area contributed by atoms with E-state index in [1.54, 1.807) is 0 Å². The lowest BCUT2D eigenvalue weighted by Gasteiger charge is -2.04. The number of nitriles is 1. The topological polar surface area (TPSA) is 82.9 Å². The molecule has 1 N–H and O–H groups in total. The fraction of sp³-hybridized carbons (Fsp3) is 0.333. The van der Waals surface area contributed by atoms with Gasteiger partial charge in [-0.1, -0.05) is 6.92 Å². The van der Waals surface area contributed by atoms with E-state index in [9.17, 15) is 8.42 Å². The lowest BCUT2D eigenvalue weighted by Crippen LogP contribution is -2.24. The highest BCUT2D eigenvalue weighted by Crippen LogP contribution is 2.06. The van der Waals surface area contributed by atoms with Crippen LogP contribution in [0.1, 0.15) is 19.0 Å². The van der Waals surface area contributed by atoms with Crippen molar-refractivity contribution < 1.29 is 8.42 Å². The summed E-state index contributed by atoms with van der Waals surface area (Å²) in [5.74, 6) is 0. The first-order valence-electron chi connectivity index (χ1n) is 4.46. The van der Waals surface area contributed by atoms with Crippen LogP contribution in [0, 0.1) is 11.3 Å². The summed E-state index contributed by atoms with van der Waals surface area (Å²) in [5, 5.41) is 8.50. The van der Waals surface area contributed by atoms with Gasteiger partial charge in [-0.15, -0.1) is 0 Å². The van der Waals surface area contributed by atoms with Gasteiger partial charge >= 0.3 is 0 Å². The lowest BCUT2D eigenvalue weighted by molar-refractivity contribution is 0.580. The van der Waals surface area contributed by atoms with Crippen molar-refractivity contribution >= 4 is 10.0 Å². The van der Waals surface area contributed by atoms with Gasteiger partial charge in [-0.3, -0.25) is 0 Å². The summed E-state index contributed by atoms with van der Waals surface area (Å²) in [6, 6.07) is 4.56. The fourth-order valence-electron chi connectivity index (χ4n) is 0.925. The van der Waals surface area contributed by atoms with Crippen LogP contribution in [0.4, 0.5) is 0 Å². The van der Waals surface area contributed by atoms with Gasteiger partial charge in [-0.25, -0.2) is 18.1 Å². The van der Waals surface area contributed by atoms with Gasteiger partial charge < -0.3 is 0 Å². The second-order valence-corrected chi connectivity index (χ2v) is 4.66. The molecule has 0 saturated heterocycles. The molecule has 0 fully saturated rings. The zero-order valence-electron chi connectivity index (χ0n) is 8.27. The van der Waals surface area contributed by atoms with Crippen LogP contribution in [0.3, 0.4) is 0 Å². The van der Waals surface area contributed by atoms with Gasteiger partial charge in [0.05, 0.1) is 0 Å². The molecule has 0 aliphatic rings. The Kier molecular flexibility index (Phi) is 3.77. The number of nitrogens with zero attached hydrogens (tertiary/aromatic N) is 2. The molecule has 0 spiro atoms. The van der Waals surface area contributed by atoms with Gasteiger partial charge in [0, 0.05) is 12.7 Å². The van der Waals surface area contributed by atoms with E-state index in [-0.39, 0.29) is 10.6 Å². The number of rotatable bonds is 4. The molecule has 1 rings (SSSR count). The summed E-state index contributed by atoms with van der Waals surface area (Å²) in [5.41, 5.74) is 0.199. The number of aromatic nitrogens is 1. The van der Waals surface area contributed by atoms with Crippen molar-refractivity contribution in [2.75, 3.05) is 6.54 Å². The average molecular weight is 225 g/mol. The van der Waals surface area contributed by atoms with E-state index < -0.39 is 10.0 Å². The normalized spacial score (nSPS) is 10.9. The minimum absolute atomic E-state index is 0.0787. The van der Waals surface area contributed by atoms with Crippen LogP contribution in [-0.4, -0.2) is 19.9 Å². The van der Waals surface area contributed by atoms with Crippen molar-refractivity contribution in [3.8, 4) is 6.07 Å². The molecule has 0 amide bonds. The quantitative estimate of drug-likeness (QED) is 0.815. The molecule has 15 heavy (non-hydrogen) atoms. The Bertz CT molecular complexity index is 459. The maximum atomic E-state index is 11.6. The van der Waals surface area contributed by atoms with Crippen molar-refractivity contribution in [1.29, 1.82) is 5.26 Å². The minimum atomic E-state index is -3.47. The van der Waals surface area contributed by atoms with Crippen LogP contribution in [0.15, 0.2) is 23.2 Å². The first-order chi connectivity index (χ1) is 7.10. The molecule has 0 aromatic carbocycles. The number of nitrogens with one attached hydrogen (secondary N) is 1. The van der Waals surface area contributed by atoms with Crippen LogP contribution >= 0.6 is 0 Å². The minimum Gasteiger partial charge on any atom is -0.244 e. The monoisotopic (exact) mass is 225 g/mol. The molecular weight excluding hydrogens is 214 g/mol. The molecule has 1 heterocycles. The second-order valence-electron chi connectivity index (χ2n) is 2.89. The molecule has 0 aliphatic heterocycles. The van der Waals surface area contributed by atoms with Crippen LogP contribution in [0.2, 0.25) is 0 Å². The van der Waals surface area contributed by atoms with Gasteiger partial charge in [0.1, 0.15) is 16.7 Å². The highest BCUT2D eigenvalue weighted by molar-refractivity contribution is 7.89. The molecule has 0 radical (unpaired) electrons. The lowest BCUT2D eigenvalue weighted by atomic mass is 10.4. The standard InChI is InChI=1S/C9H11N3O2S/c1-2-5-12-15(13,14)9-4-3-8(6-10)11-7-9/h3-4,7,12H,2,5H2,1H3. The summed E-state index contributed by atoms with van der Waals surface area (Å²) in [6.45, 7) is 2.27. The van der Waals surface area contributed by atoms with Crippen LogP contribution in [-0.2, 0) is 10.0 Å². The third kappa shape index (κ3) is 3.01. The van der Waals surface area contributed by atoms with Gasteiger partial charge in [0.25, 0.3) is 0 Å². The Hall–Kier alpha value is -1.45. The Morgan fingerprint density at radius 3 is 2.73 bits per heavy atom. The van der Waals surface area contributed by atoms with E-state index in [1.807, 2.05) is 13.0 Å². The first-order valence-corrected chi connectivity index (χ1v) is 5.94. The number of hydrogen-bond acceptors (Lipinski definition) is 4. The van der Waals surface area contributed by atoms with E-state index in [1.165, 1.54) is 18.3 Å². The van der Waals surface area contributed by atoms with Gasteiger partial charge in [0.15, 0.2) is 0 Å². The Morgan fingerprint density at radius 2 is 2.27 bits per heavy atom. The molecule has 0 unspecified atom stereocenters. The fourth-order valence-corrected chi connectivity index (χ4v) is 2.00. The van der Waals surface area contributed by atoms with E-state index in [2.05, 4.69) is 9.71 Å². The van der Waals surface area contributed by atoms with E-state index in [0.29, 0.717) is 6.54 Å². The molecule has 0 bridgehead atoms. The molecule has 5 nitrogen and oxygen atoms in total. The van der Waals surface area contributed by atoms with Gasteiger partial charge in [-0.2, -0.15) is 5.26 Å². The van der Waals surface area contributed by atoms with Crippen molar-refractivity contribution in [2.24, 2.45) is 0 Å². The maximum absolute atomic E-state index is 11.6. The molecule has 1 aromatic heterocycles. The van der Waals surface area contributed by atoms with E-state index in [0.717, 1.165) is 6.42 Å². The van der Waals surface area contributed by atoms with Crippen molar-refractivity contribution in [3.05, 3.63) is 24.0 Å². The Balaban J connectivity index is 2.92. The molecule has 0 aliphatic carbocycles. The molecule has 0 atom stereocenters. The van der Waals surface area contributed by atoms with Crippen molar-refractivity contribution in [3.63, 3.8) is 0 Å². The predicted octanol–water partition coefficient (Wildman–Crippen LogP) is 0.642. The molecule has 6 heteroatoms. The summed E-state index contributed by atoms with van der Waals surface area (Å²) in [4.78, 5) is 3.77. The molecule has 1 aromatic rings. The van der Waals surface area contributed by atoms with Crippen LogP contribution < -0.4 is 4.72 Å². The molecular formula is C9H11N3O2S. The zero-order valence-corrected chi connectivity index (χ0v) is 9.08. The predicted molar refractivity (Wildman–Crippen MR) is 54.4 cm³/mol. The third-order valence-electron chi connectivity index (χ3n) is 1.70. The third-order valence-corrected chi connectivity index (χ3v) is 3.15. The summed E-state index contributed by atoms with van der Waals surface area (Å²) >= 11 is 0.